The van der Waals surface area contributed by atoms with E-state index in [2.05, 4.69) is 5.32 Å². The van der Waals surface area contributed by atoms with E-state index in [0.29, 0.717) is 0 Å². The molecule has 0 aliphatic rings. The molecule has 0 unspecified atom stereocenters. The highest BCUT2D eigenvalue weighted by molar-refractivity contribution is 6.10. The summed E-state index contributed by atoms with van der Waals surface area (Å²) in [6, 6.07) is 15.6. The van der Waals surface area contributed by atoms with Crippen molar-refractivity contribution in [2.75, 3.05) is 13.6 Å². The first-order chi connectivity index (χ1) is 9.22. The van der Waals surface area contributed by atoms with Crippen LogP contribution < -0.4 is 5.32 Å². The summed E-state index contributed by atoms with van der Waals surface area (Å²) < 4.78 is 0. The minimum absolute atomic E-state index is 0.107. The summed E-state index contributed by atoms with van der Waals surface area (Å²) in [4.78, 5) is 12.6. The highest BCUT2D eigenvalue weighted by Crippen LogP contribution is 2.16. The second kappa shape index (κ2) is 6.30. The van der Waals surface area contributed by atoms with Gasteiger partial charge in [-0.15, -0.1) is 0 Å². The van der Waals surface area contributed by atoms with Gasteiger partial charge in [0.15, 0.2) is 5.78 Å². The smallest absolute Gasteiger partial charge is 0.193 e. The topological polar surface area (TPSA) is 29.1 Å². The average Bonchev–Trinajstić information content (AvgIpc) is 2.44. The first-order valence-corrected chi connectivity index (χ1v) is 6.56. The van der Waals surface area contributed by atoms with Crippen LogP contribution in [0.3, 0.4) is 0 Å². The van der Waals surface area contributed by atoms with Gasteiger partial charge in [-0.25, -0.2) is 0 Å². The summed E-state index contributed by atoms with van der Waals surface area (Å²) in [5, 5.41) is 3.12. The standard InChI is InChI=1S/C17H19NO/c1-13-6-5-8-15(12-13)17(19)16-9-4-3-7-14(16)10-11-18-2/h3-9,12,18H,10-11H2,1-2H3. The number of ketones is 1. The Balaban J connectivity index is 2.33. The summed E-state index contributed by atoms with van der Waals surface area (Å²) in [5.74, 6) is 0.107. The molecule has 2 rings (SSSR count). The maximum atomic E-state index is 12.6. The van der Waals surface area contributed by atoms with E-state index >= 15 is 0 Å². The third-order valence-electron chi connectivity index (χ3n) is 3.19. The molecule has 0 amide bonds. The summed E-state index contributed by atoms with van der Waals surface area (Å²) >= 11 is 0. The monoisotopic (exact) mass is 253 g/mol. The molecule has 19 heavy (non-hydrogen) atoms. The number of benzene rings is 2. The minimum Gasteiger partial charge on any atom is -0.319 e. The van der Waals surface area contributed by atoms with E-state index in [9.17, 15) is 4.79 Å². The molecule has 98 valence electrons. The molecule has 0 atom stereocenters. The van der Waals surface area contributed by atoms with Crippen LogP contribution in [0.1, 0.15) is 27.0 Å². The van der Waals surface area contributed by atoms with Gasteiger partial charge < -0.3 is 5.32 Å². The number of rotatable bonds is 5. The molecule has 0 heterocycles. The van der Waals surface area contributed by atoms with Gasteiger partial charge in [-0.1, -0.05) is 48.0 Å². The van der Waals surface area contributed by atoms with Crippen LogP contribution in [0.4, 0.5) is 0 Å². The summed E-state index contributed by atoms with van der Waals surface area (Å²) in [6.45, 7) is 2.88. The van der Waals surface area contributed by atoms with Crippen LogP contribution in [0.25, 0.3) is 0 Å². The zero-order valence-corrected chi connectivity index (χ0v) is 11.4. The van der Waals surface area contributed by atoms with E-state index in [1.807, 2.05) is 62.5 Å². The average molecular weight is 253 g/mol. The SMILES string of the molecule is CNCCc1ccccc1C(=O)c1cccc(C)c1. The van der Waals surface area contributed by atoms with Gasteiger partial charge in [0.2, 0.25) is 0 Å². The molecular formula is C17H19NO. The molecule has 2 nitrogen and oxygen atoms in total. The lowest BCUT2D eigenvalue weighted by Gasteiger charge is -2.09. The van der Waals surface area contributed by atoms with E-state index < -0.39 is 0 Å². The van der Waals surface area contributed by atoms with E-state index in [4.69, 9.17) is 0 Å². The summed E-state index contributed by atoms with van der Waals surface area (Å²) in [5.41, 5.74) is 3.78. The summed E-state index contributed by atoms with van der Waals surface area (Å²) in [7, 11) is 1.92. The Kier molecular flexibility index (Phi) is 4.48. The predicted molar refractivity (Wildman–Crippen MR) is 78.7 cm³/mol. The number of hydrogen-bond donors (Lipinski definition) is 1. The number of carbonyl (C=O) groups excluding carboxylic acids is 1. The highest BCUT2D eigenvalue weighted by Gasteiger charge is 2.12. The van der Waals surface area contributed by atoms with Gasteiger partial charge in [-0.05, 0) is 38.6 Å². The Morgan fingerprint density at radius 1 is 1.11 bits per heavy atom. The fourth-order valence-electron chi connectivity index (χ4n) is 2.16. The molecule has 0 bridgehead atoms. The van der Waals surface area contributed by atoms with E-state index in [0.717, 1.165) is 35.2 Å². The third kappa shape index (κ3) is 3.30. The molecule has 1 N–H and O–H groups in total. The quantitative estimate of drug-likeness (QED) is 0.830. The van der Waals surface area contributed by atoms with E-state index in [1.54, 1.807) is 0 Å². The first-order valence-electron chi connectivity index (χ1n) is 6.56. The van der Waals surface area contributed by atoms with Crippen LogP contribution in [-0.2, 0) is 6.42 Å². The van der Waals surface area contributed by atoms with Gasteiger partial charge in [0.05, 0.1) is 0 Å². The zero-order valence-electron chi connectivity index (χ0n) is 11.4. The fraction of sp³-hybridized carbons (Fsp3) is 0.235. The van der Waals surface area contributed by atoms with Crippen molar-refractivity contribution in [2.24, 2.45) is 0 Å². The minimum atomic E-state index is 0.107. The van der Waals surface area contributed by atoms with Crippen LogP contribution in [0.2, 0.25) is 0 Å². The second-order valence-corrected chi connectivity index (χ2v) is 4.71. The number of nitrogens with one attached hydrogen (secondary N) is 1. The van der Waals surface area contributed by atoms with Crippen LogP contribution in [0.15, 0.2) is 48.5 Å². The van der Waals surface area contributed by atoms with Crippen molar-refractivity contribution >= 4 is 5.78 Å². The molecule has 0 radical (unpaired) electrons. The van der Waals surface area contributed by atoms with Gasteiger partial charge in [-0.3, -0.25) is 4.79 Å². The highest BCUT2D eigenvalue weighted by atomic mass is 16.1. The van der Waals surface area contributed by atoms with Crippen molar-refractivity contribution in [3.63, 3.8) is 0 Å². The van der Waals surface area contributed by atoms with Crippen molar-refractivity contribution in [3.05, 3.63) is 70.8 Å². The van der Waals surface area contributed by atoms with Crippen molar-refractivity contribution in [2.45, 2.75) is 13.3 Å². The molecule has 0 spiro atoms. The number of hydrogen-bond acceptors (Lipinski definition) is 2. The molecule has 2 heteroatoms. The number of aryl methyl sites for hydroxylation is 1. The fourth-order valence-corrected chi connectivity index (χ4v) is 2.16. The van der Waals surface area contributed by atoms with Gasteiger partial charge in [0.1, 0.15) is 0 Å². The Morgan fingerprint density at radius 2 is 1.89 bits per heavy atom. The maximum absolute atomic E-state index is 12.6. The largest absolute Gasteiger partial charge is 0.319 e. The lowest BCUT2D eigenvalue weighted by molar-refractivity contribution is 0.103. The zero-order chi connectivity index (χ0) is 13.7. The van der Waals surface area contributed by atoms with Gasteiger partial charge in [0.25, 0.3) is 0 Å². The molecular weight excluding hydrogens is 234 g/mol. The first kappa shape index (κ1) is 13.5. The van der Waals surface area contributed by atoms with Crippen LogP contribution in [0.5, 0.6) is 0 Å². The van der Waals surface area contributed by atoms with E-state index in [-0.39, 0.29) is 5.78 Å². The van der Waals surface area contributed by atoms with Gasteiger partial charge in [0, 0.05) is 11.1 Å². The molecule has 0 aromatic heterocycles. The van der Waals surface area contributed by atoms with Gasteiger partial charge >= 0.3 is 0 Å². The summed E-state index contributed by atoms with van der Waals surface area (Å²) in [6.07, 6.45) is 0.865. The molecule has 0 saturated heterocycles. The molecule has 2 aromatic carbocycles. The third-order valence-corrected chi connectivity index (χ3v) is 3.19. The second-order valence-electron chi connectivity index (χ2n) is 4.71. The Bertz CT molecular complexity index is 575. The molecule has 0 saturated carbocycles. The maximum Gasteiger partial charge on any atom is 0.193 e. The van der Waals surface area contributed by atoms with Crippen molar-refractivity contribution < 1.29 is 4.79 Å². The molecule has 0 fully saturated rings. The van der Waals surface area contributed by atoms with Crippen molar-refractivity contribution in [3.8, 4) is 0 Å². The normalized spacial score (nSPS) is 10.4. The number of carbonyl (C=O) groups is 1. The predicted octanol–water partition coefficient (Wildman–Crippen LogP) is 2.99. The lowest BCUT2D eigenvalue weighted by Crippen LogP contribution is -2.13. The molecule has 0 aliphatic carbocycles. The van der Waals surface area contributed by atoms with E-state index in [1.165, 1.54) is 0 Å². The van der Waals surface area contributed by atoms with Crippen LogP contribution in [0, 0.1) is 6.92 Å². The van der Waals surface area contributed by atoms with Crippen molar-refractivity contribution in [1.82, 2.24) is 5.32 Å². The molecule has 0 aliphatic heterocycles. The Labute approximate surface area is 114 Å². The number of likely N-dealkylation sites (N-methyl/N-ethyl adjacent to an activating group) is 1. The van der Waals surface area contributed by atoms with Gasteiger partial charge in [-0.2, -0.15) is 0 Å². The Morgan fingerprint density at radius 3 is 2.63 bits per heavy atom. The van der Waals surface area contributed by atoms with Crippen LogP contribution >= 0.6 is 0 Å². The van der Waals surface area contributed by atoms with Crippen LogP contribution in [-0.4, -0.2) is 19.4 Å². The Hall–Kier alpha value is -1.93. The lowest BCUT2D eigenvalue weighted by atomic mass is 9.96. The van der Waals surface area contributed by atoms with Crippen molar-refractivity contribution in [1.29, 1.82) is 0 Å². The molecule has 2 aromatic rings.